The van der Waals surface area contributed by atoms with Crippen molar-refractivity contribution in [3.05, 3.63) is 60.2 Å². The quantitative estimate of drug-likeness (QED) is 0.805. The zero-order valence-corrected chi connectivity index (χ0v) is 13.9. The second-order valence-corrected chi connectivity index (χ2v) is 5.92. The Morgan fingerprint density at radius 1 is 0.958 bits per heavy atom. The van der Waals surface area contributed by atoms with E-state index in [0.717, 1.165) is 37.1 Å². The highest BCUT2D eigenvalue weighted by Crippen LogP contribution is 2.31. The Labute approximate surface area is 144 Å². The van der Waals surface area contributed by atoms with Crippen molar-refractivity contribution < 1.29 is 13.2 Å². The summed E-state index contributed by atoms with van der Waals surface area (Å²) >= 11 is 1.27. The predicted molar refractivity (Wildman–Crippen MR) is 93.0 cm³/mol. The summed E-state index contributed by atoms with van der Waals surface area (Å²) in [6.45, 7) is 3.13. The highest BCUT2D eigenvalue weighted by Gasteiger charge is 2.30. The van der Waals surface area contributed by atoms with E-state index < -0.39 is 11.7 Å². The van der Waals surface area contributed by atoms with Gasteiger partial charge in [-0.05, 0) is 42.3 Å². The third-order valence-electron chi connectivity index (χ3n) is 3.53. The molecule has 0 saturated carbocycles. The van der Waals surface area contributed by atoms with Gasteiger partial charge in [-0.25, -0.2) is 0 Å². The van der Waals surface area contributed by atoms with E-state index >= 15 is 0 Å². The molecule has 1 aliphatic rings. The van der Waals surface area contributed by atoms with E-state index in [1.807, 2.05) is 35.2 Å². The van der Waals surface area contributed by atoms with Crippen LogP contribution in [0.5, 0.6) is 0 Å². The van der Waals surface area contributed by atoms with E-state index in [2.05, 4.69) is 5.32 Å². The van der Waals surface area contributed by atoms with Gasteiger partial charge in [-0.3, -0.25) is 5.14 Å². The number of hydrogen-bond donors (Lipinski definition) is 2. The van der Waals surface area contributed by atoms with Crippen LogP contribution in [-0.4, -0.2) is 26.2 Å². The van der Waals surface area contributed by atoms with Crippen molar-refractivity contribution in [1.82, 2.24) is 5.32 Å². The normalized spacial score (nSPS) is 14.8. The third-order valence-corrected chi connectivity index (χ3v) is 4.08. The molecule has 0 radical (unpaired) electrons. The lowest BCUT2D eigenvalue weighted by Gasteiger charge is -2.29. The molecule has 3 N–H and O–H groups in total. The number of nitrogens with one attached hydrogen (secondary N) is 1. The topological polar surface area (TPSA) is 41.3 Å². The first-order chi connectivity index (χ1) is 11.5. The Morgan fingerprint density at radius 3 is 2.17 bits per heavy atom. The third kappa shape index (κ3) is 5.74. The number of alkyl halides is 3. The van der Waals surface area contributed by atoms with E-state index in [-0.39, 0.29) is 0 Å². The Morgan fingerprint density at radius 2 is 1.62 bits per heavy atom. The van der Waals surface area contributed by atoms with E-state index in [1.165, 1.54) is 24.1 Å². The van der Waals surface area contributed by atoms with Gasteiger partial charge in [-0.15, -0.1) is 0 Å². The van der Waals surface area contributed by atoms with Crippen LogP contribution in [0.3, 0.4) is 0 Å². The van der Waals surface area contributed by atoms with Crippen LogP contribution in [0.15, 0.2) is 59.5 Å². The number of halogens is 3. The van der Waals surface area contributed by atoms with Crippen LogP contribution < -0.4 is 15.4 Å². The molecule has 0 atom stereocenters. The van der Waals surface area contributed by atoms with Gasteiger partial charge in [0.1, 0.15) is 0 Å². The van der Waals surface area contributed by atoms with E-state index in [9.17, 15) is 13.2 Å². The number of anilines is 1. The lowest BCUT2D eigenvalue weighted by Crippen LogP contribution is -2.43. The van der Waals surface area contributed by atoms with Gasteiger partial charge in [-0.2, -0.15) is 13.2 Å². The Hall–Kier alpha value is -1.70. The predicted octanol–water partition coefficient (Wildman–Crippen LogP) is 3.77. The summed E-state index contributed by atoms with van der Waals surface area (Å²) in [5.74, 6) is 0. The highest BCUT2D eigenvalue weighted by molar-refractivity contribution is 7.97. The van der Waals surface area contributed by atoms with Crippen LogP contribution in [0, 0.1) is 0 Å². The maximum absolute atomic E-state index is 12.5. The molecule has 3 rings (SSSR count). The molecular formula is C17H20F3N3S. The highest BCUT2D eigenvalue weighted by atomic mass is 32.2. The molecular weight excluding hydrogens is 335 g/mol. The SMILES string of the molecule is FC(F)(F)c1cccc(N2CCNCC2)c1.NSc1ccccc1. The largest absolute Gasteiger partial charge is 0.416 e. The first kappa shape index (κ1) is 18.6. The molecule has 1 aliphatic heterocycles. The second kappa shape index (κ2) is 8.96. The van der Waals surface area contributed by atoms with E-state index in [4.69, 9.17) is 5.14 Å². The van der Waals surface area contributed by atoms with Crippen LogP contribution in [0.1, 0.15) is 5.56 Å². The summed E-state index contributed by atoms with van der Waals surface area (Å²) in [6, 6.07) is 15.4. The van der Waals surface area contributed by atoms with Crippen LogP contribution in [0.25, 0.3) is 0 Å². The van der Waals surface area contributed by atoms with Gasteiger partial charge in [-0.1, -0.05) is 24.3 Å². The van der Waals surface area contributed by atoms with Crippen molar-refractivity contribution in [3.63, 3.8) is 0 Å². The molecule has 0 aliphatic carbocycles. The van der Waals surface area contributed by atoms with Crippen molar-refractivity contribution in [2.45, 2.75) is 11.1 Å². The molecule has 7 heteroatoms. The molecule has 0 amide bonds. The summed E-state index contributed by atoms with van der Waals surface area (Å²) in [6.07, 6.45) is -4.26. The van der Waals surface area contributed by atoms with Gasteiger partial charge < -0.3 is 10.2 Å². The number of benzene rings is 2. The van der Waals surface area contributed by atoms with Crippen molar-refractivity contribution in [3.8, 4) is 0 Å². The lowest BCUT2D eigenvalue weighted by atomic mass is 10.1. The van der Waals surface area contributed by atoms with Gasteiger partial charge in [0, 0.05) is 36.8 Å². The summed E-state index contributed by atoms with van der Waals surface area (Å²) in [4.78, 5) is 3.07. The molecule has 0 bridgehead atoms. The molecule has 3 nitrogen and oxygen atoms in total. The molecule has 130 valence electrons. The van der Waals surface area contributed by atoms with E-state index in [1.54, 1.807) is 6.07 Å². The molecule has 0 aromatic heterocycles. The van der Waals surface area contributed by atoms with E-state index in [0.29, 0.717) is 5.69 Å². The smallest absolute Gasteiger partial charge is 0.369 e. The van der Waals surface area contributed by atoms with Gasteiger partial charge in [0.15, 0.2) is 0 Å². The lowest BCUT2D eigenvalue weighted by molar-refractivity contribution is -0.137. The zero-order chi connectivity index (χ0) is 17.4. The molecule has 24 heavy (non-hydrogen) atoms. The number of rotatable bonds is 2. The average Bonchev–Trinajstić information content (AvgIpc) is 2.63. The summed E-state index contributed by atoms with van der Waals surface area (Å²) in [7, 11) is 0. The number of nitrogens with zero attached hydrogens (tertiary/aromatic N) is 1. The van der Waals surface area contributed by atoms with Crippen molar-refractivity contribution in [1.29, 1.82) is 0 Å². The monoisotopic (exact) mass is 355 g/mol. The average molecular weight is 355 g/mol. The fourth-order valence-electron chi connectivity index (χ4n) is 2.30. The zero-order valence-electron chi connectivity index (χ0n) is 13.1. The maximum Gasteiger partial charge on any atom is 0.416 e. The number of hydrogen-bond acceptors (Lipinski definition) is 4. The Balaban J connectivity index is 0.000000219. The Kier molecular flexibility index (Phi) is 6.96. The first-order valence-electron chi connectivity index (χ1n) is 7.55. The van der Waals surface area contributed by atoms with Crippen molar-refractivity contribution in [2.75, 3.05) is 31.1 Å². The molecule has 2 aromatic carbocycles. The minimum atomic E-state index is -4.26. The van der Waals surface area contributed by atoms with Gasteiger partial charge in [0.05, 0.1) is 5.56 Å². The van der Waals surface area contributed by atoms with Crippen molar-refractivity contribution in [2.24, 2.45) is 5.14 Å². The Bertz CT molecular complexity index is 614. The summed E-state index contributed by atoms with van der Waals surface area (Å²) < 4.78 is 37.5. The molecule has 1 heterocycles. The molecule has 2 aromatic rings. The van der Waals surface area contributed by atoms with Crippen molar-refractivity contribution >= 4 is 17.6 Å². The van der Waals surface area contributed by atoms with Gasteiger partial charge in [0.2, 0.25) is 0 Å². The fraction of sp³-hybridized carbons (Fsp3) is 0.294. The number of piperazine rings is 1. The van der Waals surface area contributed by atoms with Crippen LogP contribution in [0.4, 0.5) is 18.9 Å². The molecule has 1 saturated heterocycles. The van der Waals surface area contributed by atoms with Crippen LogP contribution in [-0.2, 0) is 6.18 Å². The molecule has 1 fully saturated rings. The number of nitrogens with two attached hydrogens (primary N) is 1. The van der Waals surface area contributed by atoms with Crippen LogP contribution in [0.2, 0.25) is 0 Å². The minimum Gasteiger partial charge on any atom is -0.369 e. The molecule has 0 unspecified atom stereocenters. The molecule has 0 spiro atoms. The summed E-state index contributed by atoms with van der Waals surface area (Å²) in [5, 5.41) is 8.43. The maximum atomic E-state index is 12.5. The first-order valence-corrected chi connectivity index (χ1v) is 8.43. The van der Waals surface area contributed by atoms with Crippen LogP contribution >= 0.6 is 11.9 Å². The second-order valence-electron chi connectivity index (χ2n) is 5.22. The van der Waals surface area contributed by atoms with Gasteiger partial charge >= 0.3 is 6.18 Å². The van der Waals surface area contributed by atoms with Gasteiger partial charge in [0.25, 0.3) is 0 Å². The summed E-state index contributed by atoms with van der Waals surface area (Å²) in [5.41, 5.74) is 0.0693. The standard InChI is InChI=1S/C11H13F3N2.C6H7NS/c12-11(13,14)9-2-1-3-10(8-9)16-6-4-15-5-7-16;7-8-6-4-2-1-3-5-6/h1-3,8,15H,4-7H2;1-5H,7H2. The fourth-order valence-corrected chi connectivity index (χ4v) is 2.62. The minimum absolute atomic E-state index is 0.580.